The molecule has 0 aliphatic carbocycles. The highest BCUT2D eigenvalue weighted by Gasteiger charge is 2.30. The number of nitrogens with one attached hydrogen (secondary N) is 2. The van der Waals surface area contributed by atoms with Gasteiger partial charge in [-0.15, -0.1) is 11.3 Å². The molecule has 0 radical (unpaired) electrons. The summed E-state index contributed by atoms with van der Waals surface area (Å²) in [4.78, 5) is 20.0. The number of pyridine rings is 1. The first-order chi connectivity index (χ1) is 11.9. The Morgan fingerprint density at radius 1 is 1.12 bits per heavy atom. The number of rotatable bonds is 4. The van der Waals surface area contributed by atoms with Gasteiger partial charge in [0, 0.05) is 23.5 Å². The summed E-state index contributed by atoms with van der Waals surface area (Å²) < 4.78 is 38.1. The second-order valence-electron chi connectivity index (χ2n) is 4.93. The maximum absolute atomic E-state index is 12.7. The molecule has 0 aliphatic heterocycles. The third-order valence-corrected chi connectivity index (χ3v) is 3.83. The van der Waals surface area contributed by atoms with Gasteiger partial charge in [-0.1, -0.05) is 6.07 Å². The van der Waals surface area contributed by atoms with Crippen molar-refractivity contribution in [2.24, 2.45) is 0 Å². The summed E-state index contributed by atoms with van der Waals surface area (Å²) in [5.74, 6) is -0.0433. The number of aromatic nitrogens is 2. The Labute approximate surface area is 144 Å². The fraction of sp³-hybridized carbons (Fsp3) is 0.0625. The molecule has 0 bridgehead atoms. The first-order valence-corrected chi connectivity index (χ1v) is 7.91. The molecule has 0 unspecified atom stereocenters. The van der Waals surface area contributed by atoms with Crippen LogP contribution in [0.4, 0.5) is 29.8 Å². The Hall–Kier alpha value is -2.94. The van der Waals surface area contributed by atoms with E-state index in [2.05, 4.69) is 20.6 Å². The topological polar surface area (TPSA) is 66.9 Å². The summed E-state index contributed by atoms with van der Waals surface area (Å²) in [6.45, 7) is 0. The molecular weight excluding hydrogens is 353 g/mol. The van der Waals surface area contributed by atoms with Crippen molar-refractivity contribution < 1.29 is 18.0 Å². The maximum atomic E-state index is 12.7. The monoisotopic (exact) mass is 364 g/mol. The third kappa shape index (κ3) is 4.32. The Kier molecular flexibility index (Phi) is 4.66. The van der Waals surface area contributed by atoms with E-state index >= 15 is 0 Å². The van der Waals surface area contributed by atoms with E-state index in [1.54, 1.807) is 11.6 Å². The minimum Gasteiger partial charge on any atom is -0.340 e. The normalized spacial score (nSPS) is 11.2. The zero-order valence-electron chi connectivity index (χ0n) is 12.5. The Balaban J connectivity index is 1.69. The van der Waals surface area contributed by atoms with E-state index in [0.29, 0.717) is 16.5 Å². The highest BCUT2D eigenvalue weighted by atomic mass is 32.1. The van der Waals surface area contributed by atoms with Crippen LogP contribution in [0.25, 0.3) is 0 Å². The molecule has 2 aromatic heterocycles. The molecule has 0 saturated heterocycles. The van der Waals surface area contributed by atoms with Crippen molar-refractivity contribution in [2.45, 2.75) is 6.18 Å². The number of thiazole rings is 1. The largest absolute Gasteiger partial charge is 0.416 e. The predicted molar refractivity (Wildman–Crippen MR) is 89.0 cm³/mol. The molecule has 1 aromatic carbocycles. The van der Waals surface area contributed by atoms with Gasteiger partial charge in [0.05, 0.1) is 11.1 Å². The second-order valence-corrected chi connectivity index (χ2v) is 5.82. The fourth-order valence-electron chi connectivity index (χ4n) is 1.98. The molecule has 0 aliphatic rings. The van der Waals surface area contributed by atoms with Gasteiger partial charge in [-0.2, -0.15) is 13.2 Å². The molecule has 1 amide bonds. The number of hydrogen-bond acceptors (Lipinski definition) is 5. The summed E-state index contributed by atoms with van der Waals surface area (Å²) >= 11 is 1.29. The van der Waals surface area contributed by atoms with Crippen molar-refractivity contribution in [1.82, 2.24) is 9.97 Å². The number of amides is 1. The van der Waals surface area contributed by atoms with Crippen molar-refractivity contribution in [2.75, 3.05) is 10.6 Å². The van der Waals surface area contributed by atoms with Crippen molar-refractivity contribution in [3.63, 3.8) is 0 Å². The van der Waals surface area contributed by atoms with E-state index in [0.717, 1.165) is 12.1 Å². The van der Waals surface area contributed by atoms with Crippen LogP contribution in [-0.4, -0.2) is 15.9 Å². The van der Waals surface area contributed by atoms with Gasteiger partial charge in [0.2, 0.25) is 0 Å². The van der Waals surface area contributed by atoms with Gasteiger partial charge in [-0.25, -0.2) is 9.97 Å². The van der Waals surface area contributed by atoms with Crippen LogP contribution in [0, 0.1) is 0 Å². The Bertz CT molecular complexity index is 864. The number of carbonyl (C=O) groups excluding carboxylic acids is 1. The van der Waals surface area contributed by atoms with Crippen LogP contribution in [-0.2, 0) is 6.18 Å². The molecule has 3 rings (SSSR count). The van der Waals surface area contributed by atoms with E-state index in [1.165, 1.54) is 41.8 Å². The van der Waals surface area contributed by atoms with Crippen LogP contribution < -0.4 is 10.6 Å². The molecule has 3 aromatic rings. The first kappa shape index (κ1) is 16.9. The Morgan fingerprint density at radius 2 is 1.96 bits per heavy atom. The average Bonchev–Trinajstić information content (AvgIpc) is 3.08. The maximum Gasteiger partial charge on any atom is 0.416 e. The zero-order valence-corrected chi connectivity index (χ0v) is 13.4. The summed E-state index contributed by atoms with van der Waals surface area (Å²) in [5, 5.41) is 7.59. The van der Waals surface area contributed by atoms with E-state index in [9.17, 15) is 18.0 Å². The van der Waals surface area contributed by atoms with Crippen LogP contribution in [0.15, 0.2) is 54.2 Å². The van der Waals surface area contributed by atoms with Crippen molar-refractivity contribution in [3.05, 3.63) is 65.3 Å². The van der Waals surface area contributed by atoms with Gasteiger partial charge >= 0.3 is 6.18 Å². The molecule has 128 valence electrons. The SMILES string of the molecule is O=C(Nc1nccs1)c1ccc(Nc2cccc(C(F)(F)F)c2)nc1. The first-order valence-electron chi connectivity index (χ1n) is 7.03. The molecule has 0 saturated carbocycles. The lowest BCUT2D eigenvalue weighted by Crippen LogP contribution is -2.12. The van der Waals surface area contributed by atoms with Gasteiger partial charge in [0.1, 0.15) is 5.82 Å². The van der Waals surface area contributed by atoms with Gasteiger partial charge < -0.3 is 5.32 Å². The van der Waals surface area contributed by atoms with E-state index in [1.807, 2.05) is 0 Å². The lowest BCUT2D eigenvalue weighted by molar-refractivity contribution is -0.137. The molecule has 9 heteroatoms. The minimum atomic E-state index is -4.41. The highest BCUT2D eigenvalue weighted by Crippen LogP contribution is 2.31. The molecule has 0 atom stereocenters. The van der Waals surface area contributed by atoms with Gasteiger partial charge in [0.25, 0.3) is 5.91 Å². The molecule has 2 heterocycles. The van der Waals surface area contributed by atoms with Crippen molar-refractivity contribution in [3.8, 4) is 0 Å². The van der Waals surface area contributed by atoms with Crippen LogP contribution >= 0.6 is 11.3 Å². The number of alkyl halides is 3. The van der Waals surface area contributed by atoms with Crippen LogP contribution in [0.3, 0.4) is 0 Å². The smallest absolute Gasteiger partial charge is 0.340 e. The highest BCUT2D eigenvalue weighted by molar-refractivity contribution is 7.13. The zero-order chi connectivity index (χ0) is 17.9. The number of benzene rings is 1. The predicted octanol–water partition coefficient (Wildman–Crippen LogP) is 4.55. The van der Waals surface area contributed by atoms with Gasteiger partial charge in [-0.3, -0.25) is 10.1 Å². The van der Waals surface area contributed by atoms with Crippen molar-refractivity contribution in [1.29, 1.82) is 0 Å². The van der Waals surface area contributed by atoms with Crippen molar-refractivity contribution >= 4 is 33.9 Å². The standard InChI is InChI=1S/C16H11F3N4OS/c17-16(18,19)11-2-1-3-12(8-11)22-13-5-4-10(9-21-13)14(24)23-15-20-6-7-25-15/h1-9H,(H,21,22)(H,20,23,24). The van der Waals surface area contributed by atoms with Crippen LogP contribution in [0.5, 0.6) is 0 Å². The average molecular weight is 364 g/mol. The number of carbonyl (C=O) groups is 1. The van der Waals surface area contributed by atoms with E-state index in [4.69, 9.17) is 0 Å². The number of halogens is 3. The lowest BCUT2D eigenvalue weighted by Gasteiger charge is -2.10. The van der Waals surface area contributed by atoms with Crippen LogP contribution in [0.1, 0.15) is 15.9 Å². The summed E-state index contributed by atoms with van der Waals surface area (Å²) in [6, 6.07) is 7.82. The quantitative estimate of drug-likeness (QED) is 0.713. The number of anilines is 3. The lowest BCUT2D eigenvalue weighted by atomic mass is 10.2. The summed E-state index contributed by atoms with van der Waals surface area (Å²) in [5.41, 5.74) is -0.191. The Morgan fingerprint density at radius 3 is 2.60 bits per heavy atom. The van der Waals surface area contributed by atoms with Gasteiger partial charge in [-0.05, 0) is 30.3 Å². The molecule has 5 nitrogen and oxygen atoms in total. The molecule has 2 N–H and O–H groups in total. The molecule has 0 spiro atoms. The summed E-state index contributed by atoms with van der Waals surface area (Å²) in [7, 11) is 0. The fourth-order valence-corrected chi connectivity index (χ4v) is 2.50. The van der Waals surface area contributed by atoms with E-state index in [-0.39, 0.29) is 11.6 Å². The molecule has 25 heavy (non-hydrogen) atoms. The van der Waals surface area contributed by atoms with Gasteiger partial charge in [0.15, 0.2) is 5.13 Å². The summed E-state index contributed by atoms with van der Waals surface area (Å²) in [6.07, 6.45) is -1.51. The van der Waals surface area contributed by atoms with Crippen LogP contribution in [0.2, 0.25) is 0 Å². The number of nitrogens with zero attached hydrogens (tertiary/aromatic N) is 2. The second kappa shape index (κ2) is 6.89. The minimum absolute atomic E-state index is 0.252. The molecule has 0 fully saturated rings. The van der Waals surface area contributed by atoms with E-state index < -0.39 is 11.7 Å². The third-order valence-electron chi connectivity index (χ3n) is 3.14. The molecular formula is C16H11F3N4OS. The number of hydrogen-bond donors (Lipinski definition) is 2.